The van der Waals surface area contributed by atoms with Gasteiger partial charge in [-0.25, -0.2) is 8.42 Å². The van der Waals surface area contributed by atoms with Crippen molar-refractivity contribution in [3.8, 4) is 0 Å². The van der Waals surface area contributed by atoms with Crippen LogP contribution in [0.25, 0.3) is 0 Å². The van der Waals surface area contributed by atoms with Gasteiger partial charge >= 0.3 is 0 Å². The maximum absolute atomic E-state index is 12.2. The molecule has 0 aromatic carbocycles. The van der Waals surface area contributed by atoms with E-state index in [1.165, 1.54) is 6.42 Å². The van der Waals surface area contributed by atoms with E-state index in [9.17, 15) is 13.2 Å². The van der Waals surface area contributed by atoms with Gasteiger partial charge in [-0.1, -0.05) is 42.1 Å². The monoisotopic (exact) mass is 353 g/mol. The van der Waals surface area contributed by atoms with Gasteiger partial charge in [-0.15, -0.1) is 0 Å². The number of sulfone groups is 1. The Kier molecular flexibility index (Phi) is 6.80. The van der Waals surface area contributed by atoms with Crippen molar-refractivity contribution >= 4 is 31.7 Å². The van der Waals surface area contributed by atoms with E-state index in [2.05, 4.69) is 21.2 Å². The molecule has 0 aromatic rings. The van der Waals surface area contributed by atoms with Crippen LogP contribution >= 0.6 is 15.9 Å². The number of hydrogen-bond donors (Lipinski definition) is 1. The fraction of sp³-hybridized carbons (Fsp3) is 0.923. The normalized spacial score (nSPS) is 19.1. The van der Waals surface area contributed by atoms with Gasteiger partial charge in [-0.05, 0) is 24.7 Å². The first-order chi connectivity index (χ1) is 8.93. The molecule has 4 nitrogen and oxygen atoms in total. The topological polar surface area (TPSA) is 63.2 Å². The van der Waals surface area contributed by atoms with Crippen LogP contribution in [0.1, 0.15) is 45.4 Å². The van der Waals surface area contributed by atoms with Crippen LogP contribution in [0.2, 0.25) is 0 Å². The second kappa shape index (κ2) is 7.62. The molecule has 112 valence electrons. The van der Waals surface area contributed by atoms with Crippen LogP contribution in [0.5, 0.6) is 0 Å². The van der Waals surface area contributed by atoms with E-state index in [-0.39, 0.29) is 22.8 Å². The zero-order chi connectivity index (χ0) is 14.4. The van der Waals surface area contributed by atoms with Gasteiger partial charge in [-0.2, -0.15) is 0 Å². The Morgan fingerprint density at radius 3 is 2.42 bits per heavy atom. The van der Waals surface area contributed by atoms with Crippen LogP contribution in [0.15, 0.2) is 0 Å². The molecule has 0 bridgehead atoms. The van der Waals surface area contributed by atoms with E-state index >= 15 is 0 Å². The van der Waals surface area contributed by atoms with Crippen molar-refractivity contribution in [1.29, 1.82) is 0 Å². The summed E-state index contributed by atoms with van der Waals surface area (Å²) in [7, 11) is -3.32. The third-order valence-electron chi connectivity index (χ3n) is 3.65. The predicted octanol–water partition coefficient (Wildman–Crippen LogP) is 2.27. The Hall–Kier alpha value is -0.100. The fourth-order valence-electron chi connectivity index (χ4n) is 2.65. The first kappa shape index (κ1) is 17.0. The molecule has 1 aliphatic carbocycles. The van der Waals surface area contributed by atoms with E-state index in [1.54, 1.807) is 0 Å². The zero-order valence-electron chi connectivity index (χ0n) is 11.6. The minimum absolute atomic E-state index is 0.130. The van der Waals surface area contributed by atoms with Gasteiger partial charge < -0.3 is 5.32 Å². The van der Waals surface area contributed by atoms with Crippen LogP contribution in [0.4, 0.5) is 0 Å². The average molecular weight is 354 g/mol. The summed E-state index contributed by atoms with van der Waals surface area (Å²) < 4.78 is 24.3. The number of alkyl halides is 1. The average Bonchev–Trinajstić information content (AvgIpc) is 2.36. The van der Waals surface area contributed by atoms with E-state index in [0.29, 0.717) is 11.9 Å². The lowest BCUT2D eigenvalue weighted by Gasteiger charge is -2.35. The summed E-state index contributed by atoms with van der Waals surface area (Å²) in [6.07, 6.45) is 6.05. The van der Waals surface area contributed by atoms with Crippen LogP contribution in [0.3, 0.4) is 0 Å². The number of rotatable bonds is 7. The molecule has 0 aromatic heterocycles. The van der Waals surface area contributed by atoms with Gasteiger partial charge in [-0.3, -0.25) is 4.79 Å². The molecule has 0 heterocycles. The molecule has 6 heteroatoms. The standard InChI is InChI=1S/C13H24BrNO3S/c1-2-8-15-12(16)9-19(17,18)11-13(10-14)6-4-3-5-7-13/h2-11H2,1H3,(H,15,16). The van der Waals surface area contributed by atoms with Crippen molar-refractivity contribution in [3.63, 3.8) is 0 Å². The highest BCUT2D eigenvalue weighted by Gasteiger charge is 2.36. The fourth-order valence-corrected chi connectivity index (χ4v) is 5.60. The van der Waals surface area contributed by atoms with E-state index < -0.39 is 9.84 Å². The smallest absolute Gasteiger partial charge is 0.235 e. The Morgan fingerprint density at radius 2 is 1.89 bits per heavy atom. The Balaban J connectivity index is 2.59. The number of hydrogen-bond acceptors (Lipinski definition) is 3. The van der Waals surface area contributed by atoms with Crippen molar-refractivity contribution in [3.05, 3.63) is 0 Å². The Morgan fingerprint density at radius 1 is 1.26 bits per heavy atom. The van der Waals surface area contributed by atoms with Crippen LogP contribution in [0, 0.1) is 5.41 Å². The third kappa shape index (κ3) is 5.81. The SMILES string of the molecule is CCCNC(=O)CS(=O)(=O)CC1(CBr)CCCCC1. The Labute approximate surface area is 124 Å². The molecule has 1 aliphatic rings. The molecule has 1 N–H and O–H groups in total. The zero-order valence-corrected chi connectivity index (χ0v) is 14.0. The summed E-state index contributed by atoms with van der Waals surface area (Å²) in [5.41, 5.74) is -0.165. The summed E-state index contributed by atoms with van der Waals surface area (Å²) in [5, 5.41) is 3.33. The molecule has 0 spiro atoms. The van der Waals surface area contributed by atoms with Crippen molar-refractivity contribution in [1.82, 2.24) is 5.32 Å². The molecular formula is C13H24BrNO3S. The van der Waals surface area contributed by atoms with Gasteiger partial charge in [0.2, 0.25) is 5.91 Å². The van der Waals surface area contributed by atoms with Crippen LogP contribution in [-0.2, 0) is 14.6 Å². The first-order valence-corrected chi connectivity index (χ1v) is 9.90. The molecular weight excluding hydrogens is 330 g/mol. The van der Waals surface area contributed by atoms with Crippen LogP contribution < -0.4 is 5.32 Å². The molecule has 1 amide bonds. The van der Waals surface area contributed by atoms with Gasteiger partial charge in [0.25, 0.3) is 0 Å². The summed E-state index contributed by atoms with van der Waals surface area (Å²) in [4.78, 5) is 11.5. The van der Waals surface area contributed by atoms with Gasteiger partial charge in [0.05, 0.1) is 5.75 Å². The highest BCUT2D eigenvalue weighted by Crippen LogP contribution is 2.39. The van der Waals surface area contributed by atoms with Gasteiger partial charge in [0.1, 0.15) is 5.75 Å². The van der Waals surface area contributed by atoms with Gasteiger partial charge in [0.15, 0.2) is 9.84 Å². The third-order valence-corrected chi connectivity index (χ3v) is 6.59. The maximum Gasteiger partial charge on any atom is 0.235 e. The van der Waals surface area contributed by atoms with E-state index in [4.69, 9.17) is 0 Å². The second-order valence-corrected chi connectivity index (χ2v) is 8.20. The number of nitrogens with one attached hydrogen (secondary N) is 1. The van der Waals surface area contributed by atoms with E-state index in [1.807, 2.05) is 6.92 Å². The first-order valence-electron chi connectivity index (χ1n) is 6.96. The van der Waals surface area contributed by atoms with Gasteiger partial charge in [0, 0.05) is 11.9 Å². The highest BCUT2D eigenvalue weighted by atomic mass is 79.9. The minimum atomic E-state index is -3.32. The largest absolute Gasteiger partial charge is 0.355 e. The number of carbonyl (C=O) groups is 1. The molecule has 1 rings (SSSR count). The summed E-state index contributed by atoms with van der Waals surface area (Å²) in [6.45, 7) is 2.48. The summed E-state index contributed by atoms with van der Waals surface area (Å²) in [6, 6.07) is 0. The highest BCUT2D eigenvalue weighted by molar-refractivity contribution is 9.09. The summed E-state index contributed by atoms with van der Waals surface area (Å²) in [5.74, 6) is -0.616. The van der Waals surface area contributed by atoms with E-state index in [0.717, 1.165) is 32.1 Å². The second-order valence-electron chi connectivity index (χ2n) is 5.58. The van der Waals surface area contributed by atoms with Crippen molar-refractivity contribution < 1.29 is 13.2 Å². The molecule has 0 unspecified atom stereocenters. The molecule has 1 saturated carbocycles. The van der Waals surface area contributed by atoms with Crippen molar-refractivity contribution in [2.75, 3.05) is 23.4 Å². The molecule has 0 radical (unpaired) electrons. The summed E-state index contributed by atoms with van der Waals surface area (Å²) >= 11 is 3.46. The van der Waals surface area contributed by atoms with Crippen molar-refractivity contribution in [2.45, 2.75) is 45.4 Å². The number of halogens is 1. The van der Waals surface area contributed by atoms with Crippen molar-refractivity contribution in [2.24, 2.45) is 5.41 Å². The van der Waals surface area contributed by atoms with Crippen LogP contribution in [-0.4, -0.2) is 37.7 Å². The number of carbonyl (C=O) groups excluding carboxylic acids is 1. The molecule has 0 aliphatic heterocycles. The lowest BCUT2D eigenvalue weighted by Crippen LogP contribution is -2.38. The minimum Gasteiger partial charge on any atom is -0.355 e. The Bertz CT molecular complexity index is 389. The molecule has 1 fully saturated rings. The maximum atomic E-state index is 12.2. The lowest BCUT2D eigenvalue weighted by molar-refractivity contribution is -0.118. The molecule has 19 heavy (non-hydrogen) atoms. The molecule has 0 saturated heterocycles. The predicted molar refractivity (Wildman–Crippen MR) is 81.3 cm³/mol. The molecule has 0 atom stereocenters. The quantitative estimate of drug-likeness (QED) is 0.714. The lowest BCUT2D eigenvalue weighted by atomic mass is 9.77. The number of amides is 1.